The van der Waals surface area contributed by atoms with E-state index in [1.54, 1.807) is 27.7 Å². The van der Waals surface area contributed by atoms with Gasteiger partial charge in [0.2, 0.25) is 5.91 Å². The summed E-state index contributed by atoms with van der Waals surface area (Å²) in [6, 6.07) is -0.808. The number of amides is 1. The van der Waals surface area contributed by atoms with Crippen LogP contribution in [0.2, 0.25) is 0 Å². The van der Waals surface area contributed by atoms with Gasteiger partial charge in [-0.15, -0.1) is 0 Å². The molecule has 0 aromatic rings. The Balaban J connectivity index is 4.68. The molecule has 1 unspecified atom stereocenters. The van der Waals surface area contributed by atoms with Crippen molar-refractivity contribution in [1.29, 1.82) is 0 Å². The van der Waals surface area contributed by atoms with E-state index >= 15 is 0 Å². The van der Waals surface area contributed by atoms with Crippen LogP contribution in [0.15, 0.2) is 0 Å². The van der Waals surface area contributed by atoms with E-state index in [1.807, 2.05) is 0 Å². The van der Waals surface area contributed by atoms with E-state index in [0.717, 1.165) is 0 Å². The fourth-order valence-electron chi connectivity index (χ4n) is 1.15. The van der Waals surface area contributed by atoms with Crippen molar-refractivity contribution in [2.45, 2.75) is 53.2 Å². The number of aliphatic hydroxyl groups is 1. The molecule has 4 heteroatoms. The number of hydrogen-bond acceptors (Lipinski definition) is 3. The normalized spacial score (nSPS) is 15.6. The SMILES string of the molecule is CCC(=O)N[C@@H](C(=O)C(C)(C)C)C(C)O. The maximum absolute atomic E-state index is 11.9. The summed E-state index contributed by atoms with van der Waals surface area (Å²) in [4.78, 5) is 23.1. The van der Waals surface area contributed by atoms with Gasteiger partial charge in [0.05, 0.1) is 6.10 Å². The molecule has 2 N–H and O–H groups in total. The molecular weight excluding hydrogens is 194 g/mol. The van der Waals surface area contributed by atoms with Crippen molar-refractivity contribution in [2.24, 2.45) is 5.41 Å². The maximum atomic E-state index is 11.9. The van der Waals surface area contributed by atoms with Gasteiger partial charge in [-0.25, -0.2) is 0 Å². The van der Waals surface area contributed by atoms with Crippen LogP contribution in [0, 0.1) is 5.41 Å². The molecule has 0 saturated heterocycles. The van der Waals surface area contributed by atoms with Crippen molar-refractivity contribution >= 4 is 11.7 Å². The number of aliphatic hydroxyl groups excluding tert-OH is 1. The van der Waals surface area contributed by atoms with Gasteiger partial charge < -0.3 is 10.4 Å². The van der Waals surface area contributed by atoms with Crippen LogP contribution >= 0.6 is 0 Å². The van der Waals surface area contributed by atoms with E-state index in [1.165, 1.54) is 6.92 Å². The van der Waals surface area contributed by atoms with Gasteiger partial charge in [0, 0.05) is 11.8 Å². The maximum Gasteiger partial charge on any atom is 0.220 e. The molecule has 0 rings (SSSR count). The first-order chi connectivity index (χ1) is 6.70. The second kappa shape index (κ2) is 5.26. The third-order valence-corrected chi connectivity index (χ3v) is 2.14. The highest BCUT2D eigenvalue weighted by atomic mass is 16.3. The van der Waals surface area contributed by atoms with Gasteiger partial charge in [-0.2, -0.15) is 0 Å². The first kappa shape index (κ1) is 14.1. The van der Waals surface area contributed by atoms with Crippen molar-refractivity contribution in [2.75, 3.05) is 0 Å². The fourth-order valence-corrected chi connectivity index (χ4v) is 1.15. The molecule has 0 saturated carbocycles. The number of carbonyl (C=O) groups excluding carboxylic acids is 2. The number of ketones is 1. The van der Waals surface area contributed by atoms with Crippen molar-refractivity contribution in [3.8, 4) is 0 Å². The topological polar surface area (TPSA) is 66.4 Å². The molecule has 4 nitrogen and oxygen atoms in total. The second-order valence-electron chi connectivity index (χ2n) is 4.75. The zero-order chi connectivity index (χ0) is 12.2. The van der Waals surface area contributed by atoms with E-state index in [0.29, 0.717) is 6.42 Å². The van der Waals surface area contributed by atoms with Crippen LogP contribution in [0.4, 0.5) is 0 Å². The summed E-state index contributed by atoms with van der Waals surface area (Å²) >= 11 is 0. The Hall–Kier alpha value is -0.900. The predicted octanol–water partition coefficient (Wildman–Crippen LogP) is 0.877. The van der Waals surface area contributed by atoms with E-state index in [-0.39, 0.29) is 11.7 Å². The van der Waals surface area contributed by atoms with E-state index in [4.69, 9.17) is 0 Å². The molecular formula is C11H21NO3. The summed E-state index contributed by atoms with van der Waals surface area (Å²) in [5, 5.41) is 12.0. The molecule has 0 spiro atoms. The van der Waals surface area contributed by atoms with Gasteiger partial charge in [0.15, 0.2) is 5.78 Å². The summed E-state index contributed by atoms with van der Waals surface area (Å²) in [6.45, 7) is 8.51. The molecule has 0 aromatic heterocycles. The summed E-state index contributed by atoms with van der Waals surface area (Å²) in [6.07, 6.45) is -0.562. The predicted molar refractivity (Wildman–Crippen MR) is 58.4 cm³/mol. The minimum Gasteiger partial charge on any atom is -0.391 e. The Labute approximate surface area is 91.1 Å². The third-order valence-electron chi connectivity index (χ3n) is 2.14. The molecule has 1 amide bonds. The Morgan fingerprint density at radius 1 is 1.33 bits per heavy atom. The number of Topliss-reactive ketones (excluding diaryl/α,β-unsaturated/α-hetero) is 1. The number of nitrogens with one attached hydrogen (secondary N) is 1. The molecule has 0 aromatic carbocycles. The highest BCUT2D eigenvalue weighted by Crippen LogP contribution is 2.18. The summed E-state index contributed by atoms with van der Waals surface area (Å²) in [5.41, 5.74) is -0.567. The van der Waals surface area contributed by atoms with Crippen LogP contribution in [0.25, 0.3) is 0 Å². The zero-order valence-corrected chi connectivity index (χ0v) is 10.1. The zero-order valence-electron chi connectivity index (χ0n) is 10.1. The average molecular weight is 215 g/mol. The number of rotatable bonds is 4. The molecule has 2 atom stereocenters. The van der Waals surface area contributed by atoms with Gasteiger partial charge >= 0.3 is 0 Å². The minimum atomic E-state index is -0.868. The number of hydrogen-bond donors (Lipinski definition) is 2. The monoisotopic (exact) mass is 215 g/mol. The van der Waals surface area contributed by atoms with Gasteiger partial charge in [0.25, 0.3) is 0 Å². The Morgan fingerprint density at radius 2 is 1.80 bits per heavy atom. The molecule has 0 aliphatic carbocycles. The van der Waals surface area contributed by atoms with E-state index in [9.17, 15) is 14.7 Å². The van der Waals surface area contributed by atoms with E-state index < -0.39 is 17.6 Å². The standard InChI is InChI=1S/C11H21NO3/c1-6-8(14)12-9(7(2)13)10(15)11(3,4)5/h7,9,13H,6H2,1-5H3,(H,12,14)/t7?,9-/m1/s1. The van der Waals surface area contributed by atoms with Crippen LogP contribution in [0.3, 0.4) is 0 Å². The molecule has 0 aliphatic rings. The molecule has 0 aliphatic heterocycles. The summed E-state index contributed by atoms with van der Waals surface area (Å²) in [7, 11) is 0. The van der Waals surface area contributed by atoms with Crippen molar-refractivity contribution < 1.29 is 14.7 Å². The quantitative estimate of drug-likeness (QED) is 0.731. The first-order valence-corrected chi connectivity index (χ1v) is 5.22. The average Bonchev–Trinajstić information content (AvgIpc) is 2.10. The highest BCUT2D eigenvalue weighted by Gasteiger charge is 2.33. The van der Waals surface area contributed by atoms with Crippen LogP contribution in [-0.4, -0.2) is 28.9 Å². The lowest BCUT2D eigenvalue weighted by atomic mass is 9.84. The first-order valence-electron chi connectivity index (χ1n) is 5.22. The second-order valence-corrected chi connectivity index (χ2v) is 4.75. The van der Waals surface area contributed by atoms with Gasteiger partial charge in [-0.3, -0.25) is 9.59 Å². The Morgan fingerprint density at radius 3 is 2.07 bits per heavy atom. The van der Waals surface area contributed by atoms with E-state index in [2.05, 4.69) is 5.32 Å². The summed E-state index contributed by atoms with van der Waals surface area (Å²) < 4.78 is 0. The largest absolute Gasteiger partial charge is 0.391 e. The highest BCUT2D eigenvalue weighted by molar-refractivity contribution is 5.92. The molecule has 0 bridgehead atoms. The number of carbonyl (C=O) groups is 2. The summed E-state index contributed by atoms with van der Waals surface area (Å²) in [5.74, 6) is -0.377. The van der Waals surface area contributed by atoms with Crippen LogP contribution in [-0.2, 0) is 9.59 Å². The lowest BCUT2D eigenvalue weighted by molar-refractivity contribution is -0.135. The Bertz CT molecular complexity index is 241. The Kier molecular flexibility index (Phi) is 4.94. The third kappa shape index (κ3) is 4.42. The fraction of sp³-hybridized carbons (Fsp3) is 0.818. The van der Waals surface area contributed by atoms with Crippen molar-refractivity contribution in [1.82, 2.24) is 5.32 Å². The molecule has 0 fully saturated rings. The molecule has 88 valence electrons. The van der Waals surface area contributed by atoms with Gasteiger partial charge in [0.1, 0.15) is 6.04 Å². The van der Waals surface area contributed by atoms with Gasteiger partial charge in [-0.05, 0) is 6.92 Å². The smallest absolute Gasteiger partial charge is 0.220 e. The van der Waals surface area contributed by atoms with Crippen molar-refractivity contribution in [3.63, 3.8) is 0 Å². The van der Waals surface area contributed by atoms with Crippen LogP contribution in [0.5, 0.6) is 0 Å². The van der Waals surface area contributed by atoms with Crippen LogP contribution < -0.4 is 5.32 Å². The van der Waals surface area contributed by atoms with Crippen molar-refractivity contribution in [3.05, 3.63) is 0 Å². The van der Waals surface area contributed by atoms with Crippen LogP contribution in [0.1, 0.15) is 41.0 Å². The minimum absolute atomic E-state index is 0.153. The molecule has 15 heavy (non-hydrogen) atoms. The lowest BCUT2D eigenvalue weighted by Gasteiger charge is -2.27. The molecule has 0 radical (unpaired) electrons. The van der Waals surface area contributed by atoms with Gasteiger partial charge in [-0.1, -0.05) is 27.7 Å². The lowest BCUT2D eigenvalue weighted by Crippen LogP contribution is -2.51. The molecule has 0 heterocycles.